The Balaban J connectivity index is 2.67. The SMILES string of the molecule is Cc1ccc(-c2cc(C)ncc2F)c([C@@H](O)C(C)(C)C)c1. The summed E-state index contributed by atoms with van der Waals surface area (Å²) in [6.07, 6.45) is 0.567. The molecule has 0 unspecified atom stereocenters. The second-order valence-electron chi connectivity index (χ2n) is 6.66. The first kappa shape index (κ1) is 15.6. The lowest BCUT2D eigenvalue weighted by Gasteiger charge is -2.28. The molecular weight excluding hydrogens is 265 g/mol. The second-order valence-corrected chi connectivity index (χ2v) is 6.66. The maximum absolute atomic E-state index is 14.2. The lowest BCUT2D eigenvalue weighted by atomic mass is 9.81. The van der Waals surface area contributed by atoms with Crippen LogP contribution < -0.4 is 0 Å². The molecule has 0 aliphatic rings. The smallest absolute Gasteiger partial charge is 0.149 e. The first-order chi connectivity index (χ1) is 9.70. The van der Waals surface area contributed by atoms with E-state index in [1.54, 1.807) is 6.07 Å². The summed E-state index contributed by atoms with van der Waals surface area (Å²) in [4.78, 5) is 3.97. The third kappa shape index (κ3) is 3.30. The van der Waals surface area contributed by atoms with E-state index in [0.29, 0.717) is 5.56 Å². The average molecular weight is 287 g/mol. The Kier molecular flexibility index (Phi) is 4.15. The zero-order valence-electron chi connectivity index (χ0n) is 13.2. The van der Waals surface area contributed by atoms with Crippen LogP contribution in [-0.2, 0) is 0 Å². The van der Waals surface area contributed by atoms with E-state index in [1.165, 1.54) is 6.20 Å². The van der Waals surface area contributed by atoms with Gasteiger partial charge in [0.2, 0.25) is 0 Å². The molecule has 2 aromatic rings. The number of pyridine rings is 1. The predicted octanol–water partition coefficient (Wildman–Crippen LogP) is 4.58. The van der Waals surface area contributed by atoms with Gasteiger partial charge in [-0.2, -0.15) is 0 Å². The van der Waals surface area contributed by atoms with Crippen molar-refractivity contribution in [3.63, 3.8) is 0 Å². The summed E-state index contributed by atoms with van der Waals surface area (Å²) >= 11 is 0. The largest absolute Gasteiger partial charge is 0.388 e. The summed E-state index contributed by atoms with van der Waals surface area (Å²) in [6, 6.07) is 7.46. The van der Waals surface area contributed by atoms with Gasteiger partial charge in [0, 0.05) is 11.3 Å². The molecule has 0 bridgehead atoms. The molecule has 0 amide bonds. The molecule has 3 heteroatoms. The number of aromatic nitrogens is 1. The summed E-state index contributed by atoms with van der Waals surface area (Å²) in [5, 5.41) is 10.6. The van der Waals surface area contributed by atoms with Crippen LogP contribution >= 0.6 is 0 Å². The highest BCUT2D eigenvalue weighted by Crippen LogP contribution is 2.39. The molecule has 1 heterocycles. The van der Waals surface area contributed by atoms with Crippen molar-refractivity contribution >= 4 is 0 Å². The molecule has 1 aromatic heterocycles. The topological polar surface area (TPSA) is 33.1 Å². The number of aliphatic hydroxyl groups excluding tert-OH is 1. The Hall–Kier alpha value is -1.74. The summed E-state index contributed by atoms with van der Waals surface area (Å²) in [5.41, 5.74) is 3.45. The van der Waals surface area contributed by atoms with E-state index < -0.39 is 6.10 Å². The maximum atomic E-state index is 14.2. The summed E-state index contributed by atoms with van der Waals surface area (Å²) in [5.74, 6) is -0.369. The van der Waals surface area contributed by atoms with Crippen LogP contribution in [0.5, 0.6) is 0 Å². The Morgan fingerprint density at radius 2 is 1.76 bits per heavy atom. The highest BCUT2D eigenvalue weighted by atomic mass is 19.1. The van der Waals surface area contributed by atoms with Gasteiger partial charge in [0.1, 0.15) is 5.82 Å². The van der Waals surface area contributed by atoms with Gasteiger partial charge in [-0.3, -0.25) is 4.98 Å². The lowest BCUT2D eigenvalue weighted by molar-refractivity contribution is 0.0631. The van der Waals surface area contributed by atoms with Gasteiger partial charge in [-0.05, 0) is 36.5 Å². The number of rotatable bonds is 2. The Labute approximate surface area is 125 Å². The molecule has 0 radical (unpaired) electrons. The number of aryl methyl sites for hydroxylation is 2. The molecule has 0 aliphatic heterocycles. The molecule has 1 aromatic carbocycles. The minimum absolute atomic E-state index is 0.318. The zero-order valence-corrected chi connectivity index (χ0v) is 13.2. The standard InChI is InChI=1S/C18H22FNO/c1-11-6-7-13(14-9-12(2)20-10-16(14)19)15(8-11)17(21)18(3,4)5/h6-10,17,21H,1-5H3/t17-/m1/s1. The van der Waals surface area contributed by atoms with Crippen LogP contribution in [0.3, 0.4) is 0 Å². The fourth-order valence-corrected chi connectivity index (χ4v) is 2.37. The highest BCUT2D eigenvalue weighted by molar-refractivity contribution is 5.69. The fourth-order valence-electron chi connectivity index (χ4n) is 2.37. The van der Waals surface area contributed by atoms with E-state index in [-0.39, 0.29) is 11.2 Å². The minimum atomic E-state index is -0.666. The normalized spacial score (nSPS) is 13.3. The van der Waals surface area contributed by atoms with Gasteiger partial charge in [-0.1, -0.05) is 44.5 Å². The van der Waals surface area contributed by atoms with Crippen molar-refractivity contribution in [2.24, 2.45) is 5.41 Å². The molecule has 2 nitrogen and oxygen atoms in total. The summed E-state index contributed by atoms with van der Waals surface area (Å²) in [7, 11) is 0. The van der Waals surface area contributed by atoms with Crippen LogP contribution in [0.15, 0.2) is 30.5 Å². The molecular formula is C18H22FNO. The van der Waals surface area contributed by atoms with Crippen molar-refractivity contribution in [1.82, 2.24) is 4.98 Å². The molecule has 0 fully saturated rings. The van der Waals surface area contributed by atoms with Crippen molar-refractivity contribution in [3.05, 3.63) is 53.1 Å². The molecule has 1 atom stereocenters. The van der Waals surface area contributed by atoms with E-state index in [2.05, 4.69) is 4.98 Å². The predicted molar refractivity (Wildman–Crippen MR) is 83.5 cm³/mol. The van der Waals surface area contributed by atoms with Gasteiger partial charge in [0.15, 0.2) is 0 Å². The van der Waals surface area contributed by atoms with Crippen molar-refractivity contribution in [2.45, 2.75) is 40.7 Å². The van der Waals surface area contributed by atoms with Crippen molar-refractivity contribution in [1.29, 1.82) is 0 Å². The second kappa shape index (κ2) is 5.57. The number of hydrogen-bond donors (Lipinski definition) is 1. The quantitative estimate of drug-likeness (QED) is 0.876. The first-order valence-electron chi connectivity index (χ1n) is 7.11. The molecule has 0 saturated heterocycles. The number of nitrogens with zero attached hydrogens (tertiary/aromatic N) is 1. The Morgan fingerprint density at radius 1 is 1.10 bits per heavy atom. The van der Waals surface area contributed by atoms with E-state index in [1.807, 2.05) is 52.8 Å². The first-order valence-corrected chi connectivity index (χ1v) is 7.11. The van der Waals surface area contributed by atoms with Crippen molar-refractivity contribution in [2.75, 3.05) is 0 Å². The van der Waals surface area contributed by atoms with E-state index >= 15 is 0 Å². The number of hydrogen-bond acceptors (Lipinski definition) is 2. The van der Waals surface area contributed by atoms with Crippen LogP contribution in [0.2, 0.25) is 0 Å². The highest BCUT2D eigenvalue weighted by Gasteiger charge is 2.27. The van der Waals surface area contributed by atoms with Gasteiger partial charge >= 0.3 is 0 Å². The fraction of sp³-hybridized carbons (Fsp3) is 0.389. The molecule has 112 valence electrons. The maximum Gasteiger partial charge on any atom is 0.149 e. The monoisotopic (exact) mass is 287 g/mol. The Bertz CT molecular complexity index is 659. The van der Waals surface area contributed by atoms with Gasteiger partial charge in [-0.25, -0.2) is 4.39 Å². The van der Waals surface area contributed by atoms with Crippen molar-refractivity contribution in [3.8, 4) is 11.1 Å². The molecule has 1 N–H and O–H groups in total. The molecule has 0 saturated carbocycles. The van der Waals surface area contributed by atoms with Gasteiger partial charge < -0.3 is 5.11 Å². The van der Waals surface area contributed by atoms with Crippen LogP contribution in [0.25, 0.3) is 11.1 Å². The van der Waals surface area contributed by atoms with Crippen LogP contribution in [-0.4, -0.2) is 10.1 Å². The van der Waals surface area contributed by atoms with Gasteiger partial charge in [0.25, 0.3) is 0 Å². The summed E-state index contributed by atoms with van der Waals surface area (Å²) < 4.78 is 14.2. The lowest BCUT2D eigenvalue weighted by Crippen LogP contribution is -2.18. The van der Waals surface area contributed by atoms with Crippen molar-refractivity contribution < 1.29 is 9.50 Å². The van der Waals surface area contributed by atoms with E-state index in [4.69, 9.17) is 0 Å². The molecule has 21 heavy (non-hydrogen) atoms. The van der Waals surface area contributed by atoms with E-state index in [0.717, 1.165) is 22.4 Å². The number of halogens is 1. The third-order valence-corrected chi connectivity index (χ3v) is 3.60. The van der Waals surface area contributed by atoms with Crippen LogP contribution in [0, 0.1) is 25.1 Å². The third-order valence-electron chi connectivity index (χ3n) is 3.60. The average Bonchev–Trinajstić information content (AvgIpc) is 2.40. The summed E-state index contributed by atoms with van der Waals surface area (Å²) in [6.45, 7) is 9.71. The minimum Gasteiger partial charge on any atom is -0.388 e. The number of benzene rings is 1. The molecule has 0 aliphatic carbocycles. The van der Waals surface area contributed by atoms with Gasteiger partial charge in [0.05, 0.1) is 12.3 Å². The van der Waals surface area contributed by atoms with Crippen LogP contribution in [0.1, 0.15) is 43.7 Å². The zero-order chi connectivity index (χ0) is 15.8. The molecule has 2 rings (SSSR count). The van der Waals surface area contributed by atoms with Crippen LogP contribution in [0.4, 0.5) is 4.39 Å². The molecule has 0 spiro atoms. The van der Waals surface area contributed by atoms with Gasteiger partial charge in [-0.15, -0.1) is 0 Å². The Morgan fingerprint density at radius 3 is 2.38 bits per heavy atom. The van der Waals surface area contributed by atoms with E-state index in [9.17, 15) is 9.50 Å². The number of aliphatic hydroxyl groups is 1.